The zero-order chi connectivity index (χ0) is 17.9. The molecule has 1 amide bonds. The third kappa shape index (κ3) is 3.45. The number of nitrogens with zero attached hydrogens (tertiary/aromatic N) is 5. The van der Waals surface area contributed by atoms with Crippen LogP contribution in [0.2, 0.25) is 0 Å². The van der Waals surface area contributed by atoms with Crippen molar-refractivity contribution in [2.45, 2.75) is 25.3 Å². The summed E-state index contributed by atoms with van der Waals surface area (Å²) >= 11 is 1.47. The van der Waals surface area contributed by atoms with Crippen molar-refractivity contribution < 1.29 is 4.79 Å². The van der Waals surface area contributed by atoms with Gasteiger partial charge < -0.3 is 15.2 Å². The molecule has 0 aromatic carbocycles. The summed E-state index contributed by atoms with van der Waals surface area (Å²) in [5.41, 5.74) is 6.87. The largest absolute Gasteiger partial charge is 0.364 e. The van der Waals surface area contributed by atoms with Crippen LogP contribution in [0.1, 0.15) is 40.6 Å². The molecule has 4 rings (SSSR count). The van der Waals surface area contributed by atoms with Crippen LogP contribution in [0.15, 0.2) is 42.3 Å². The fourth-order valence-corrected chi connectivity index (χ4v) is 4.24. The number of amides is 1. The maximum Gasteiger partial charge on any atom is 0.268 e. The number of imidazole rings is 1. The Bertz CT molecular complexity index is 890. The van der Waals surface area contributed by atoms with Gasteiger partial charge in [0, 0.05) is 55.7 Å². The molecule has 2 N–H and O–H groups in total. The van der Waals surface area contributed by atoms with Crippen LogP contribution in [0.25, 0.3) is 0 Å². The van der Waals surface area contributed by atoms with Gasteiger partial charge in [0.05, 0.1) is 0 Å². The highest BCUT2D eigenvalue weighted by Crippen LogP contribution is 2.31. The summed E-state index contributed by atoms with van der Waals surface area (Å²) in [4.78, 5) is 26.6. The van der Waals surface area contributed by atoms with Crippen LogP contribution in [-0.2, 0) is 6.54 Å². The van der Waals surface area contributed by atoms with E-state index in [-0.39, 0.29) is 0 Å². The number of pyridine rings is 1. The first-order chi connectivity index (χ1) is 12.7. The smallest absolute Gasteiger partial charge is 0.268 e. The van der Waals surface area contributed by atoms with Gasteiger partial charge in [-0.05, 0) is 30.5 Å². The van der Waals surface area contributed by atoms with E-state index < -0.39 is 5.91 Å². The molecular weight excluding hydrogens is 348 g/mol. The molecule has 8 heteroatoms. The van der Waals surface area contributed by atoms with Gasteiger partial charge in [0.25, 0.3) is 5.91 Å². The maximum atomic E-state index is 11.3. The molecule has 3 aromatic heterocycles. The maximum absolute atomic E-state index is 11.3. The third-order valence-electron chi connectivity index (χ3n) is 4.65. The molecule has 1 aliphatic rings. The zero-order valence-corrected chi connectivity index (χ0v) is 15.1. The van der Waals surface area contributed by atoms with E-state index >= 15 is 0 Å². The summed E-state index contributed by atoms with van der Waals surface area (Å²) in [5, 5.41) is 2.59. The van der Waals surface area contributed by atoms with Crippen molar-refractivity contribution in [1.29, 1.82) is 0 Å². The molecule has 0 spiro atoms. The first-order valence-electron chi connectivity index (χ1n) is 8.61. The van der Waals surface area contributed by atoms with E-state index in [1.54, 1.807) is 5.38 Å². The molecule has 0 unspecified atom stereocenters. The normalized spacial score (nSPS) is 17.4. The Morgan fingerprint density at radius 3 is 2.92 bits per heavy atom. The summed E-state index contributed by atoms with van der Waals surface area (Å²) in [6.45, 7) is 2.57. The highest BCUT2D eigenvalue weighted by molar-refractivity contribution is 7.13. The van der Waals surface area contributed by atoms with E-state index in [1.807, 2.05) is 36.9 Å². The van der Waals surface area contributed by atoms with Crippen LogP contribution < -0.4 is 10.6 Å². The van der Waals surface area contributed by atoms with E-state index in [2.05, 4.69) is 24.4 Å². The second-order valence-corrected chi connectivity index (χ2v) is 7.27. The molecule has 1 aliphatic heterocycles. The van der Waals surface area contributed by atoms with Crippen LogP contribution in [0.4, 0.5) is 5.13 Å². The lowest BCUT2D eigenvalue weighted by Crippen LogP contribution is -2.35. The quantitative estimate of drug-likeness (QED) is 0.746. The SMILES string of the molecule is NC(=O)c1csc(N2CCC[C@@H](c3nccn3Cc3ccncc3)C2)n1. The first-order valence-corrected chi connectivity index (χ1v) is 9.49. The van der Waals surface area contributed by atoms with Crippen LogP contribution in [0, 0.1) is 0 Å². The number of nitrogens with two attached hydrogens (primary N) is 1. The van der Waals surface area contributed by atoms with Crippen molar-refractivity contribution in [3.05, 3.63) is 59.4 Å². The summed E-state index contributed by atoms with van der Waals surface area (Å²) in [7, 11) is 0. The Kier molecular flexibility index (Phi) is 4.66. The Balaban J connectivity index is 1.51. The van der Waals surface area contributed by atoms with E-state index in [9.17, 15) is 4.79 Å². The van der Waals surface area contributed by atoms with Gasteiger partial charge in [-0.2, -0.15) is 0 Å². The molecule has 0 bridgehead atoms. The molecule has 3 aromatic rings. The van der Waals surface area contributed by atoms with Crippen LogP contribution in [0.3, 0.4) is 0 Å². The minimum Gasteiger partial charge on any atom is -0.364 e. The first kappa shape index (κ1) is 16.7. The molecule has 0 saturated carbocycles. The van der Waals surface area contributed by atoms with Gasteiger partial charge in [-0.15, -0.1) is 11.3 Å². The third-order valence-corrected chi connectivity index (χ3v) is 5.55. The molecule has 0 aliphatic carbocycles. The predicted octanol–water partition coefficient (Wildman–Crippen LogP) is 2.27. The van der Waals surface area contributed by atoms with Crippen LogP contribution in [-0.4, -0.2) is 38.5 Å². The number of thiazole rings is 1. The summed E-state index contributed by atoms with van der Waals surface area (Å²) in [6.07, 6.45) is 9.68. The van der Waals surface area contributed by atoms with Gasteiger partial charge >= 0.3 is 0 Å². The number of primary amides is 1. The Morgan fingerprint density at radius 1 is 1.31 bits per heavy atom. The number of piperidine rings is 1. The average Bonchev–Trinajstić information content (AvgIpc) is 3.32. The zero-order valence-electron chi connectivity index (χ0n) is 14.3. The van der Waals surface area contributed by atoms with Crippen molar-refractivity contribution in [3.63, 3.8) is 0 Å². The molecule has 4 heterocycles. The lowest BCUT2D eigenvalue weighted by Gasteiger charge is -2.32. The van der Waals surface area contributed by atoms with Crippen LogP contribution >= 0.6 is 11.3 Å². The summed E-state index contributed by atoms with van der Waals surface area (Å²) in [6, 6.07) is 4.05. The van der Waals surface area contributed by atoms with Crippen molar-refractivity contribution in [3.8, 4) is 0 Å². The second kappa shape index (κ2) is 7.25. The Hall–Kier alpha value is -2.74. The van der Waals surface area contributed by atoms with Crippen molar-refractivity contribution >= 4 is 22.4 Å². The van der Waals surface area contributed by atoms with E-state index in [0.29, 0.717) is 11.6 Å². The molecule has 1 atom stereocenters. The molecule has 134 valence electrons. The Labute approximate surface area is 155 Å². The second-order valence-electron chi connectivity index (χ2n) is 6.43. The number of hydrogen-bond donors (Lipinski definition) is 1. The average molecular weight is 368 g/mol. The van der Waals surface area contributed by atoms with Gasteiger partial charge in [0.1, 0.15) is 11.5 Å². The van der Waals surface area contributed by atoms with Gasteiger partial charge in [-0.3, -0.25) is 9.78 Å². The van der Waals surface area contributed by atoms with Gasteiger partial charge in [0.2, 0.25) is 0 Å². The standard InChI is InChI=1S/C18H20N6OS/c19-16(25)15-12-26-18(22-15)24-8-1-2-14(11-24)17-21-7-9-23(17)10-13-3-5-20-6-4-13/h3-7,9,12,14H,1-2,8,10-11H2,(H2,19,25)/t14-/m1/s1. The molecule has 26 heavy (non-hydrogen) atoms. The molecular formula is C18H20N6OS. The minimum absolute atomic E-state index is 0.335. The number of aromatic nitrogens is 4. The number of rotatable bonds is 5. The molecule has 7 nitrogen and oxygen atoms in total. The fourth-order valence-electron chi connectivity index (χ4n) is 3.38. The molecule has 1 saturated heterocycles. The topological polar surface area (TPSA) is 89.9 Å². The summed E-state index contributed by atoms with van der Waals surface area (Å²) < 4.78 is 2.21. The summed E-state index contributed by atoms with van der Waals surface area (Å²) in [5.74, 6) is 0.952. The van der Waals surface area contributed by atoms with Crippen molar-refractivity contribution in [1.82, 2.24) is 19.5 Å². The van der Waals surface area contributed by atoms with Crippen molar-refractivity contribution in [2.24, 2.45) is 5.73 Å². The van der Waals surface area contributed by atoms with Gasteiger partial charge in [-0.25, -0.2) is 9.97 Å². The lowest BCUT2D eigenvalue weighted by atomic mass is 9.97. The number of carbonyl (C=O) groups excluding carboxylic acids is 1. The molecule has 0 radical (unpaired) electrons. The van der Waals surface area contributed by atoms with E-state index in [1.165, 1.54) is 16.9 Å². The van der Waals surface area contributed by atoms with E-state index in [4.69, 9.17) is 5.73 Å². The minimum atomic E-state index is -0.478. The number of anilines is 1. The highest BCUT2D eigenvalue weighted by Gasteiger charge is 2.26. The fraction of sp³-hybridized carbons (Fsp3) is 0.333. The predicted molar refractivity (Wildman–Crippen MR) is 100 cm³/mol. The molecule has 1 fully saturated rings. The van der Waals surface area contributed by atoms with Gasteiger partial charge in [0.15, 0.2) is 5.13 Å². The number of carbonyl (C=O) groups is 1. The van der Waals surface area contributed by atoms with Crippen LogP contribution in [0.5, 0.6) is 0 Å². The number of hydrogen-bond acceptors (Lipinski definition) is 6. The Morgan fingerprint density at radius 2 is 2.15 bits per heavy atom. The monoisotopic (exact) mass is 368 g/mol. The lowest BCUT2D eigenvalue weighted by molar-refractivity contribution is 0.0996. The van der Waals surface area contributed by atoms with Gasteiger partial charge in [-0.1, -0.05) is 0 Å². The van der Waals surface area contributed by atoms with E-state index in [0.717, 1.165) is 43.4 Å². The highest BCUT2D eigenvalue weighted by atomic mass is 32.1. The van der Waals surface area contributed by atoms with Crippen molar-refractivity contribution in [2.75, 3.05) is 18.0 Å².